The van der Waals surface area contributed by atoms with Crippen molar-refractivity contribution in [1.82, 2.24) is 0 Å². The Morgan fingerprint density at radius 2 is 1.37 bits per heavy atom. The van der Waals surface area contributed by atoms with Gasteiger partial charge in [-0.1, -0.05) is 93.3 Å². The van der Waals surface area contributed by atoms with Crippen LogP contribution < -0.4 is 4.57 Å². The molecule has 27 heavy (non-hydrogen) atoms. The van der Waals surface area contributed by atoms with Crippen LogP contribution in [0.3, 0.4) is 0 Å². The molecule has 0 unspecified atom stereocenters. The van der Waals surface area contributed by atoms with Crippen LogP contribution in [0, 0.1) is 19.1 Å². The molecule has 1 nitrogen and oxygen atoms in total. The molecule has 5 rings (SSSR count). The van der Waals surface area contributed by atoms with E-state index in [1.54, 1.807) is 0 Å². The fraction of sp³-hybridized carbons (Fsp3) is 0.0800. The van der Waals surface area contributed by atoms with Gasteiger partial charge in [0.1, 0.15) is 12.7 Å². The van der Waals surface area contributed by atoms with Crippen molar-refractivity contribution >= 4 is 32.3 Å². The number of pyridine rings is 1. The standard InChI is InChI=1S/C25H18N.W/c1-17-20-9-5-3-7-18(20)11-13-21(17)25-24-14-12-19-8-4-6-10-22(19)23(24)15-16-26(25)2;/h3-12,15-16H,1-2H3;/q-1;+2. The van der Waals surface area contributed by atoms with Crippen molar-refractivity contribution < 1.29 is 25.6 Å². The number of benzene rings is 4. The molecule has 1 aromatic heterocycles. The maximum atomic E-state index is 3.54. The third-order valence-electron chi connectivity index (χ3n) is 5.30. The van der Waals surface area contributed by atoms with Gasteiger partial charge >= 0.3 is 21.1 Å². The van der Waals surface area contributed by atoms with Crippen LogP contribution in [-0.2, 0) is 28.1 Å². The van der Waals surface area contributed by atoms with Gasteiger partial charge in [0.25, 0.3) is 0 Å². The zero-order valence-electron chi connectivity index (χ0n) is 15.3. The van der Waals surface area contributed by atoms with Crippen molar-refractivity contribution in [2.24, 2.45) is 7.05 Å². The van der Waals surface area contributed by atoms with Gasteiger partial charge in [-0.05, 0) is 6.07 Å². The number of aryl methyl sites for hydroxylation is 2. The molecule has 1 heterocycles. The summed E-state index contributed by atoms with van der Waals surface area (Å²) in [7, 11) is 2.10. The Balaban J connectivity index is 0.00000180. The first-order valence-corrected chi connectivity index (χ1v) is 8.86. The van der Waals surface area contributed by atoms with Gasteiger partial charge in [-0.2, -0.15) is 0 Å². The summed E-state index contributed by atoms with van der Waals surface area (Å²) >= 11 is 0. The predicted octanol–water partition coefficient (Wildman–Crippen LogP) is 5.54. The van der Waals surface area contributed by atoms with Gasteiger partial charge in [0, 0.05) is 0 Å². The van der Waals surface area contributed by atoms with Crippen LogP contribution in [0.1, 0.15) is 5.56 Å². The van der Waals surface area contributed by atoms with E-state index in [1.807, 2.05) is 0 Å². The number of fused-ring (bicyclic) bond motifs is 4. The summed E-state index contributed by atoms with van der Waals surface area (Å²) in [4.78, 5) is 0. The van der Waals surface area contributed by atoms with E-state index in [4.69, 9.17) is 0 Å². The van der Waals surface area contributed by atoms with Crippen LogP contribution in [0.4, 0.5) is 0 Å². The minimum absolute atomic E-state index is 0. The molecule has 0 saturated heterocycles. The van der Waals surface area contributed by atoms with Crippen LogP contribution in [0.5, 0.6) is 0 Å². The first-order valence-electron chi connectivity index (χ1n) is 8.86. The van der Waals surface area contributed by atoms with Crippen LogP contribution in [0.25, 0.3) is 43.6 Å². The topological polar surface area (TPSA) is 3.88 Å². The second-order valence-electron chi connectivity index (χ2n) is 6.82. The van der Waals surface area contributed by atoms with Crippen molar-refractivity contribution in [3.8, 4) is 11.3 Å². The third kappa shape index (κ3) is 2.78. The maximum absolute atomic E-state index is 3.54. The van der Waals surface area contributed by atoms with Gasteiger partial charge < -0.3 is 0 Å². The van der Waals surface area contributed by atoms with Gasteiger partial charge in [0.05, 0.1) is 0 Å². The number of hydrogen-bond acceptors (Lipinski definition) is 0. The van der Waals surface area contributed by atoms with E-state index >= 15 is 0 Å². The summed E-state index contributed by atoms with van der Waals surface area (Å²) in [5.41, 5.74) is 3.56. The van der Waals surface area contributed by atoms with Crippen LogP contribution in [-0.4, -0.2) is 0 Å². The SMILES string of the molecule is Cc1c(-c2c3[c-]cc4ccccc4c3cc[n+]2C)[c-]cc2ccccc12.[W+2]. The quantitative estimate of drug-likeness (QED) is 0.157. The second kappa shape index (κ2) is 6.91. The van der Waals surface area contributed by atoms with Crippen molar-refractivity contribution in [3.63, 3.8) is 0 Å². The summed E-state index contributed by atoms with van der Waals surface area (Å²) in [6.45, 7) is 2.19. The molecular formula is C25H18NW+. The fourth-order valence-corrected chi connectivity index (χ4v) is 3.94. The van der Waals surface area contributed by atoms with Crippen LogP contribution >= 0.6 is 0 Å². The molecule has 0 amide bonds. The zero-order chi connectivity index (χ0) is 17.7. The van der Waals surface area contributed by atoms with E-state index in [9.17, 15) is 0 Å². The Bertz CT molecular complexity index is 1300. The third-order valence-corrected chi connectivity index (χ3v) is 5.30. The number of nitrogens with zero attached hydrogens (tertiary/aromatic N) is 1. The Labute approximate surface area is 173 Å². The number of hydrogen-bond donors (Lipinski definition) is 0. The molecular weight excluding hydrogens is 498 g/mol. The summed E-state index contributed by atoms with van der Waals surface area (Å²) in [6, 6.07) is 30.5. The van der Waals surface area contributed by atoms with E-state index in [2.05, 4.69) is 104 Å². The normalized spacial score (nSPS) is 11.0. The molecule has 0 N–H and O–H groups in total. The van der Waals surface area contributed by atoms with Crippen molar-refractivity contribution in [3.05, 3.63) is 90.6 Å². The summed E-state index contributed by atoms with van der Waals surface area (Å²) < 4.78 is 2.18. The molecule has 2 heteroatoms. The zero-order valence-corrected chi connectivity index (χ0v) is 18.2. The van der Waals surface area contributed by atoms with Crippen molar-refractivity contribution in [2.45, 2.75) is 6.92 Å². The minimum Gasteiger partial charge on any atom is -0.243 e. The van der Waals surface area contributed by atoms with Crippen LogP contribution in [0.2, 0.25) is 0 Å². The Hall–Kier alpha value is -2.50. The Kier molecular flexibility index (Phi) is 4.58. The van der Waals surface area contributed by atoms with E-state index < -0.39 is 0 Å². The van der Waals surface area contributed by atoms with Gasteiger partial charge in [0.15, 0.2) is 6.20 Å². The number of aromatic nitrogens is 1. The van der Waals surface area contributed by atoms with E-state index in [-0.39, 0.29) is 21.1 Å². The first kappa shape index (κ1) is 17.9. The summed E-state index contributed by atoms with van der Waals surface area (Å²) in [6.07, 6.45) is 2.14. The van der Waals surface area contributed by atoms with Crippen LogP contribution in [0.15, 0.2) is 72.9 Å². The monoisotopic (exact) mass is 516 g/mol. The summed E-state index contributed by atoms with van der Waals surface area (Å²) in [5.74, 6) is 0. The average molecular weight is 516 g/mol. The largest absolute Gasteiger partial charge is 2.00 e. The van der Waals surface area contributed by atoms with E-state index in [0.717, 1.165) is 16.6 Å². The Morgan fingerprint density at radius 1 is 0.741 bits per heavy atom. The molecule has 0 atom stereocenters. The average Bonchev–Trinajstić information content (AvgIpc) is 2.69. The Morgan fingerprint density at radius 3 is 2.15 bits per heavy atom. The van der Waals surface area contributed by atoms with Gasteiger partial charge in [0.2, 0.25) is 0 Å². The van der Waals surface area contributed by atoms with Crippen molar-refractivity contribution in [1.29, 1.82) is 0 Å². The minimum atomic E-state index is 0. The molecule has 0 aliphatic rings. The maximum Gasteiger partial charge on any atom is 2.00 e. The molecule has 0 aliphatic carbocycles. The molecule has 5 aromatic rings. The first-order chi connectivity index (χ1) is 12.7. The van der Waals surface area contributed by atoms with Crippen molar-refractivity contribution in [2.75, 3.05) is 0 Å². The van der Waals surface area contributed by atoms with Gasteiger partial charge in [-0.15, -0.1) is 29.8 Å². The van der Waals surface area contributed by atoms with Gasteiger partial charge in [-0.25, -0.2) is 4.57 Å². The molecule has 0 fully saturated rings. The second-order valence-corrected chi connectivity index (χ2v) is 6.82. The molecule has 128 valence electrons. The molecule has 0 radical (unpaired) electrons. The van der Waals surface area contributed by atoms with E-state index in [0.29, 0.717) is 0 Å². The molecule has 0 saturated carbocycles. The smallest absolute Gasteiger partial charge is 0.243 e. The predicted molar refractivity (Wildman–Crippen MR) is 108 cm³/mol. The summed E-state index contributed by atoms with van der Waals surface area (Å²) in [5, 5.41) is 7.37. The molecule has 0 aliphatic heterocycles. The van der Waals surface area contributed by atoms with Gasteiger partial charge in [-0.3, -0.25) is 0 Å². The fourth-order valence-electron chi connectivity index (χ4n) is 3.94. The molecule has 0 spiro atoms. The molecule has 0 bridgehead atoms. The number of rotatable bonds is 1. The van der Waals surface area contributed by atoms with E-state index in [1.165, 1.54) is 32.5 Å². The molecule has 4 aromatic carbocycles.